The number of hydrogen-bond donors (Lipinski definition) is 2. The van der Waals surface area contributed by atoms with E-state index in [-0.39, 0.29) is 11.4 Å². The lowest BCUT2D eigenvalue weighted by Gasteiger charge is -2.14. The van der Waals surface area contributed by atoms with Crippen LogP contribution in [0.1, 0.15) is 12.7 Å². The van der Waals surface area contributed by atoms with E-state index in [2.05, 4.69) is 15.0 Å². The van der Waals surface area contributed by atoms with Crippen LogP contribution >= 0.6 is 11.6 Å². The first kappa shape index (κ1) is 19.3. The highest BCUT2D eigenvalue weighted by atomic mass is 35.5. The fourth-order valence-corrected chi connectivity index (χ4v) is 3.97. The van der Waals surface area contributed by atoms with E-state index >= 15 is 0 Å². The number of amides is 1. The lowest BCUT2D eigenvalue weighted by atomic mass is 10.3. The first-order chi connectivity index (χ1) is 12.8. The third-order valence-corrected chi connectivity index (χ3v) is 5.96. The predicted molar refractivity (Wildman–Crippen MR) is 104 cm³/mol. The molecule has 0 spiro atoms. The van der Waals surface area contributed by atoms with Crippen LogP contribution < -0.4 is 10.0 Å². The summed E-state index contributed by atoms with van der Waals surface area (Å²) in [5.74, 6) is 0.233. The maximum atomic E-state index is 12.4. The first-order valence-electron chi connectivity index (χ1n) is 8.24. The van der Waals surface area contributed by atoms with Gasteiger partial charge in [0.15, 0.2) is 0 Å². The third-order valence-electron chi connectivity index (χ3n) is 4.15. The van der Waals surface area contributed by atoms with Gasteiger partial charge in [-0.15, -0.1) is 0 Å². The van der Waals surface area contributed by atoms with Gasteiger partial charge in [0, 0.05) is 12.1 Å². The predicted octanol–water partition coefficient (Wildman–Crippen LogP) is 2.21. The van der Waals surface area contributed by atoms with Crippen LogP contribution in [0.25, 0.3) is 11.0 Å². The smallest absolute Gasteiger partial charge is 0.241 e. The van der Waals surface area contributed by atoms with Crippen LogP contribution in [0, 0.1) is 0 Å². The Bertz CT molecular complexity index is 1080. The number of benzene rings is 2. The number of rotatable bonds is 6. The molecule has 3 aromatic rings. The number of carbonyl (C=O) groups excluding carboxylic acids is 1. The van der Waals surface area contributed by atoms with Crippen molar-refractivity contribution in [2.45, 2.75) is 24.4 Å². The maximum absolute atomic E-state index is 12.4. The molecule has 0 aliphatic rings. The van der Waals surface area contributed by atoms with Gasteiger partial charge in [-0.3, -0.25) is 4.79 Å². The van der Waals surface area contributed by atoms with Crippen molar-refractivity contribution in [1.82, 2.24) is 19.6 Å². The molecule has 0 saturated carbocycles. The molecule has 27 heavy (non-hydrogen) atoms. The SMILES string of the molecule is C[C@H](NS(=O)(=O)c1ccc(Cl)cc1)C(=O)NCc1nc2ccccc2n1C. The summed E-state index contributed by atoms with van der Waals surface area (Å²) in [6.45, 7) is 1.68. The van der Waals surface area contributed by atoms with Gasteiger partial charge in [0.25, 0.3) is 0 Å². The Kier molecular flexibility index (Phi) is 5.50. The van der Waals surface area contributed by atoms with Crippen LogP contribution in [-0.4, -0.2) is 29.9 Å². The highest BCUT2D eigenvalue weighted by molar-refractivity contribution is 7.89. The zero-order valence-corrected chi connectivity index (χ0v) is 16.4. The van der Waals surface area contributed by atoms with E-state index in [1.54, 1.807) is 0 Å². The van der Waals surface area contributed by atoms with Gasteiger partial charge in [-0.2, -0.15) is 4.72 Å². The van der Waals surface area contributed by atoms with E-state index in [9.17, 15) is 13.2 Å². The standard InChI is InChI=1S/C18H19ClN4O3S/c1-12(22-27(25,26)14-9-7-13(19)8-10-14)18(24)20-11-17-21-15-5-3-4-6-16(15)23(17)2/h3-10,12,22H,11H2,1-2H3,(H,20,24)/t12-/m0/s1. The molecule has 0 saturated heterocycles. The summed E-state index contributed by atoms with van der Waals surface area (Å²) in [6, 6.07) is 12.4. The molecule has 0 unspecified atom stereocenters. The molecule has 2 N–H and O–H groups in total. The van der Waals surface area contributed by atoms with Crippen molar-refractivity contribution in [3.63, 3.8) is 0 Å². The monoisotopic (exact) mass is 406 g/mol. The largest absolute Gasteiger partial charge is 0.347 e. The number of nitrogens with one attached hydrogen (secondary N) is 2. The molecule has 7 nitrogen and oxygen atoms in total. The summed E-state index contributed by atoms with van der Waals surface area (Å²) in [6.07, 6.45) is 0. The quantitative estimate of drug-likeness (QED) is 0.656. The van der Waals surface area contributed by atoms with Gasteiger partial charge >= 0.3 is 0 Å². The number of fused-ring (bicyclic) bond motifs is 1. The molecule has 1 heterocycles. The topological polar surface area (TPSA) is 93.1 Å². The lowest BCUT2D eigenvalue weighted by molar-refractivity contribution is -0.122. The Hall–Kier alpha value is -2.42. The van der Waals surface area contributed by atoms with Crippen LogP contribution in [0.5, 0.6) is 0 Å². The highest BCUT2D eigenvalue weighted by Crippen LogP contribution is 2.15. The molecular weight excluding hydrogens is 388 g/mol. The minimum atomic E-state index is -3.82. The molecule has 9 heteroatoms. The second-order valence-corrected chi connectivity index (χ2v) is 8.24. The molecule has 0 radical (unpaired) electrons. The summed E-state index contributed by atoms with van der Waals surface area (Å²) in [7, 11) is -1.96. The van der Waals surface area contributed by atoms with Crippen molar-refractivity contribution in [3.05, 3.63) is 59.4 Å². The zero-order valence-electron chi connectivity index (χ0n) is 14.8. The Balaban J connectivity index is 1.65. The molecule has 0 fully saturated rings. The van der Waals surface area contributed by atoms with Crippen LogP contribution in [0.4, 0.5) is 0 Å². The first-order valence-corrected chi connectivity index (χ1v) is 10.1. The lowest BCUT2D eigenvalue weighted by Crippen LogP contribution is -2.44. The van der Waals surface area contributed by atoms with E-state index < -0.39 is 22.0 Å². The van der Waals surface area contributed by atoms with Crippen LogP contribution in [0.2, 0.25) is 5.02 Å². The van der Waals surface area contributed by atoms with Gasteiger partial charge < -0.3 is 9.88 Å². The molecular formula is C18H19ClN4O3S. The third kappa shape index (κ3) is 4.29. The zero-order chi connectivity index (χ0) is 19.6. The molecule has 1 aromatic heterocycles. The summed E-state index contributed by atoms with van der Waals surface area (Å²) in [4.78, 5) is 16.8. The maximum Gasteiger partial charge on any atom is 0.241 e. The van der Waals surface area contributed by atoms with Gasteiger partial charge in [-0.25, -0.2) is 13.4 Å². The normalized spacial score (nSPS) is 12.9. The fraction of sp³-hybridized carbons (Fsp3) is 0.222. The van der Waals surface area contributed by atoms with Crippen LogP contribution in [0.15, 0.2) is 53.4 Å². The van der Waals surface area contributed by atoms with Crippen molar-refractivity contribution >= 4 is 38.6 Å². The number of para-hydroxylation sites is 2. The van der Waals surface area contributed by atoms with Crippen molar-refractivity contribution in [2.75, 3.05) is 0 Å². The van der Waals surface area contributed by atoms with Gasteiger partial charge in [0.2, 0.25) is 15.9 Å². The van der Waals surface area contributed by atoms with Crippen molar-refractivity contribution in [3.8, 4) is 0 Å². The van der Waals surface area contributed by atoms with E-state index in [1.807, 2.05) is 35.9 Å². The van der Waals surface area contributed by atoms with Gasteiger partial charge in [0.1, 0.15) is 5.82 Å². The number of aryl methyl sites for hydroxylation is 1. The van der Waals surface area contributed by atoms with Crippen LogP contribution in [0.3, 0.4) is 0 Å². The summed E-state index contributed by atoms with van der Waals surface area (Å²) in [5, 5.41) is 3.15. The molecule has 1 atom stereocenters. The molecule has 1 amide bonds. The van der Waals surface area contributed by atoms with E-state index in [0.717, 1.165) is 11.0 Å². The Morgan fingerprint density at radius 2 is 1.85 bits per heavy atom. The molecule has 0 bridgehead atoms. The number of sulfonamides is 1. The van der Waals surface area contributed by atoms with Crippen molar-refractivity contribution in [1.29, 1.82) is 0 Å². The van der Waals surface area contributed by atoms with E-state index in [1.165, 1.54) is 31.2 Å². The number of imidazole rings is 1. The highest BCUT2D eigenvalue weighted by Gasteiger charge is 2.22. The van der Waals surface area contributed by atoms with Crippen molar-refractivity contribution in [2.24, 2.45) is 7.05 Å². The second kappa shape index (κ2) is 7.67. The molecule has 2 aromatic carbocycles. The average molecular weight is 407 g/mol. The molecule has 0 aliphatic carbocycles. The summed E-state index contributed by atoms with van der Waals surface area (Å²) in [5.41, 5.74) is 1.79. The number of nitrogens with zero attached hydrogens (tertiary/aromatic N) is 2. The Labute approximate surface area is 162 Å². The molecule has 3 rings (SSSR count). The van der Waals surface area contributed by atoms with Crippen molar-refractivity contribution < 1.29 is 13.2 Å². The summed E-state index contributed by atoms with van der Waals surface area (Å²) >= 11 is 5.77. The van der Waals surface area contributed by atoms with Crippen LogP contribution in [-0.2, 0) is 28.4 Å². The summed E-state index contributed by atoms with van der Waals surface area (Å²) < 4.78 is 29.0. The number of halogens is 1. The van der Waals surface area contributed by atoms with E-state index in [0.29, 0.717) is 10.8 Å². The van der Waals surface area contributed by atoms with Gasteiger partial charge in [-0.05, 0) is 43.3 Å². The van der Waals surface area contributed by atoms with Gasteiger partial charge in [0.05, 0.1) is 28.5 Å². The fourth-order valence-electron chi connectivity index (χ4n) is 2.64. The Morgan fingerprint density at radius 3 is 2.52 bits per heavy atom. The number of hydrogen-bond acceptors (Lipinski definition) is 4. The number of carbonyl (C=O) groups is 1. The molecule has 0 aliphatic heterocycles. The average Bonchev–Trinajstić information content (AvgIpc) is 2.96. The number of aromatic nitrogens is 2. The minimum absolute atomic E-state index is 0.0434. The minimum Gasteiger partial charge on any atom is -0.347 e. The molecule has 142 valence electrons. The van der Waals surface area contributed by atoms with E-state index in [4.69, 9.17) is 11.6 Å². The Morgan fingerprint density at radius 1 is 1.19 bits per heavy atom. The second-order valence-electron chi connectivity index (χ2n) is 6.09. The van der Waals surface area contributed by atoms with Gasteiger partial charge in [-0.1, -0.05) is 23.7 Å².